The van der Waals surface area contributed by atoms with E-state index in [1.54, 1.807) is 24.3 Å². The molecule has 1 N–H and O–H groups in total. The van der Waals surface area contributed by atoms with Gasteiger partial charge in [0, 0.05) is 12.7 Å². The molecule has 2 amide bonds. The van der Waals surface area contributed by atoms with E-state index < -0.39 is 30.2 Å². The molecule has 0 heterocycles. The number of anilines is 1. The number of esters is 1. The van der Waals surface area contributed by atoms with Gasteiger partial charge in [-0.1, -0.05) is 12.1 Å². The average Bonchev–Trinajstić information content (AvgIpc) is 2.72. The first kappa shape index (κ1) is 23.0. The van der Waals surface area contributed by atoms with Crippen LogP contribution in [0.4, 0.5) is 10.1 Å². The molecule has 0 radical (unpaired) electrons. The lowest BCUT2D eigenvalue weighted by Crippen LogP contribution is -2.37. The third-order valence-electron chi connectivity index (χ3n) is 4.03. The first-order valence-electron chi connectivity index (χ1n) is 9.41. The van der Waals surface area contributed by atoms with Crippen molar-refractivity contribution in [1.29, 1.82) is 0 Å². The van der Waals surface area contributed by atoms with Crippen molar-refractivity contribution in [1.82, 2.24) is 4.90 Å². The van der Waals surface area contributed by atoms with E-state index in [2.05, 4.69) is 5.32 Å². The van der Waals surface area contributed by atoms with Gasteiger partial charge >= 0.3 is 5.97 Å². The molecule has 0 unspecified atom stereocenters. The minimum atomic E-state index is -0.635. The van der Waals surface area contributed by atoms with Gasteiger partial charge in [0.2, 0.25) is 5.91 Å². The average molecular weight is 416 g/mol. The van der Waals surface area contributed by atoms with Crippen molar-refractivity contribution in [2.24, 2.45) is 0 Å². The smallest absolute Gasteiger partial charge is 0.338 e. The number of nitrogens with zero attached hydrogens (tertiary/aromatic N) is 1. The second-order valence-electron chi connectivity index (χ2n) is 6.94. The number of amides is 2. The van der Waals surface area contributed by atoms with Crippen molar-refractivity contribution >= 4 is 23.5 Å². The topological polar surface area (TPSA) is 84.9 Å². The van der Waals surface area contributed by atoms with Crippen LogP contribution in [0.3, 0.4) is 0 Å². The van der Waals surface area contributed by atoms with E-state index in [1.807, 2.05) is 13.8 Å². The molecule has 0 saturated heterocycles. The van der Waals surface area contributed by atoms with Gasteiger partial charge in [0.1, 0.15) is 5.82 Å². The largest absolute Gasteiger partial charge is 0.452 e. The van der Waals surface area contributed by atoms with Crippen LogP contribution in [0, 0.1) is 5.82 Å². The summed E-state index contributed by atoms with van der Waals surface area (Å²) < 4.78 is 23.4. The fraction of sp³-hybridized carbons (Fsp3) is 0.318. The van der Waals surface area contributed by atoms with Crippen LogP contribution in [0.5, 0.6) is 0 Å². The first-order valence-corrected chi connectivity index (χ1v) is 9.41. The lowest BCUT2D eigenvalue weighted by Gasteiger charge is -2.17. The normalized spacial score (nSPS) is 10.6. The van der Waals surface area contributed by atoms with Crippen molar-refractivity contribution in [3.63, 3.8) is 0 Å². The fourth-order valence-corrected chi connectivity index (χ4v) is 2.36. The minimum Gasteiger partial charge on any atom is -0.452 e. The summed E-state index contributed by atoms with van der Waals surface area (Å²) in [6.07, 6.45) is 0.107. The number of hydrogen-bond donors (Lipinski definition) is 1. The van der Waals surface area contributed by atoms with Crippen LogP contribution < -0.4 is 5.32 Å². The Morgan fingerprint density at radius 1 is 1.03 bits per heavy atom. The summed E-state index contributed by atoms with van der Waals surface area (Å²) in [4.78, 5) is 37.3. The second-order valence-corrected chi connectivity index (χ2v) is 6.94. The molecule has 0 saturated carbocycles. The summed E-state index contributed by atoms with van der Waals surface area (Å²) in [7, 11) is 1.42. The van der Waals surface area contributed by atoms with Gasteiger partial charge < -0.3 is 19.7 Å². The highest BCUT2D eigenvalue weighted by molar-refractivity contribution is 5.95. The quantitative estimate of drug-likeness (QED) is 0.636. The highest BCUT2D eigenvalue weighted by Gasteiger charge is 2.16. The molecule has 8 heteroatoms. The predicted molar refractivity (Wildman–Crippen MR) is 109 cm³/mol. The zero-order chi connectivity index (χ0) is 22.1. The summed E-state index contributed by atoms with van der Waals surface area (Å²) in [5.41, 5.74) is 1.65. The molecule has 0 spiro atoms. The van der Waals surface area contributed by atoms with Gasteiger partial charge in [-0.15, -0.1) is 0 Å². The summed E-state index contributed by atoms with van der Waals surface area (Å²) >= 11 is 0. The highest BCUT2D eigenvalue weighted by Crippen LogP contribution is 2.09. The zero-order valence-corrected chi connectivity index (χ0v) is 17.2. The molecule has 30 heavy (non-hydrogen) atoms. The number of carbonyl (C=O) groups excluding carboxylic acids is 3. The molecule has 7 nitrogen and oxygen atoms in total. The predicted octanol–water partition coefficient (Wildman–Crippen LogP) is 3.00. The van der Waals surface area contributed by atoms with Gasteiger partial charge in [-0.25, -0.2) is 9.18 Å². The zero-order valence-electron chi connectivity index (χ0n) is 17.2. The number of rotatable bonds is 9. The van der Waals surface area contributed by atoms with Crippen LogP contribution in [0.25, 0.3) is 0 Å². The Bertz CT molecular complexity index is 866. The van der Waals surface area contributed by atoms with Crippen LogP contribution in [0.15, 0.2) is 48.5 Å². The molecule has 0 aromatic heterocycles. The number of likely N-dealkylation sites (N-methyl/N-ethyl adjacent to an activating group) is 1. The summed E-state index contributed by atoms with van der Waals surface area (Å²) in [6, 6.07) is 12.0. The monoisotopic (exact) mass is 416 g/mol. The number of nitrogens with one attached hydrogen (secondary N) is 1. The molecule has 2 aromatic rings. The van der Waals surface area contributed by atoms with Gasteiger partial charge in [-0.3, -0.25) is 9.59 Å². The van der Waals surface area contributed by atoms with Gasteiger partial charge in [0.05, 0.1) is 24.8 Å². The van der Waals surface area contributed by atoms with Crippen molar-refractivity contribution in [2.45, 2.75) is 26.6 Å². The van der Waals surface area contributed by atoms with Gasteiger partial charge in [0.15, 0.2) is 6.61 Å². The molecule has 0 atom stereocenters. The van der Waals surface area contributed by atoms with E-state index in [0.29, 0.717) is 17.9 Å². The molecule has 0 aliphatic heterocycles. The lowest BCUT2D eigenvalue weighted by molar-refractivity contribution is -0.136. The molecular weight excluding hydrogens is 391 g/mol. The Morgan fingerprint density at radius 2 is 1.67 bits per heavy atom. The molecule has 0 fully saturated rings. The van der Waals surface area contributed by atoms with Crippen molar-refractivity contribution in [3.05, 3.63) is 65.5 Å². The third kappa shape index (κ3) is 7.63. The highest BCUT2D eigenvalue weighted by atomic mass is 19.1. The van der Waals surface area contributed by atoms with E-state index in [0.717, 1.165) is 10.5 Å². The van der Waals surface area contributed by atoms with Crippen LogP contribution in [-0.2, 0) is 25.7 Å². The van der Waals surface area contributed by atoms with Gasteiger partial charge in [-0.2, -0.15) is 0 Å². The standard InChI is InChI=1S/C22H25FN2O5/c1-15(2)29-13-16-4-6-17(7-5-16)22(28)30-14-21(27)25(3)12-20(26)24-19-10-8-18(23)9-11-19/h4-11,15H,12-14H2,1-3H3,(H,24,26). The Hall–Kier alpha value is -3.26. The Kier molecular flexibility index (Phi) is 8.49. The Labute approximate surface area is 174 Å². The fourth-order valence-electron chi connectivity index (χ4n) is 2.36. The van der Waals surface area contributed by atoms with E-state index in [9.17, 15) is 18.8 Å². The molecule has 160 valence electrons. The number of halogens is 1. The van der Waals surface area contributed by atoms with Crippen LogP contribution in [0.1, 0.15) is 29.8 Å². The van der Waals surface area contributed by atoms with Gasteiger partial charge in [-0.05, 0) is 55.8 Å². The van der Waals surface area contributed by atoms with Crippen molar-refractivity contribution in [3.8, 4) is 0 Å². The van der Waals surface area contributed by atoms with Crippen LogP contribution in [0.2, 0.25) is 0 Å². The number of carbonyl (C=O) groups is 3. The third-order valence-corrected chi connectivity index (χ3v) is 4.03. The molecule has 0 aliphatic carbocycles. The Balaban J connectivity index is 1.77. The first-order chi connectivity index (χ1) is 14.2. The van der Waals surface area contributed by atoms with Crippen molar-refractivity contribution < 1.29 is 28.2 Å². The second kappa shape index (κ2) is 11.1. The van der Waals surface area contributed by atoms with E-state index in [-0.39, 0.29) is 12.6 Å². The maximum absolute atomic E-state index is 12.9. The van der Waals surface area contributed by atoms with Gasteiger partial charge in [0.25, 0.3) is 5.91 Å². The number of ether oxygens (including phenoxy) is 2. The van der Waals surface area contributed by atoms with E-state index in [1.165, 1.54) is 31.3 Å². The van der Waals surface area contributed by atoms with Crippen molar-refractivity contribution in [2.75, 3.05) is 25.5 Å². The van der Waals surface area contributed by atoms with Crippen LogP contribution >= 0.6 is 0 Å². The number of hydrogen-bond acceptors (Lipinski definition) is 5. The molecule has 0 bridgehead atoms. The minimum absolute atomic E-state index is 0.107. The summed E-state index contributed by atoms with van der Waals surface area (Å²) in [5.74, 6) is -2.04. The maximum Gasteiger partial charge on any atom is 0.338 e. The molecule has 2 rings (SSSR count). The molecule has 2 aromatic carbocycles. The number of benzene rings is 2. The lowest BCUT2D eigenvalue weighted by atomic mass is 10.1. The SMILES string of the molecule is CC(C)OCc1ccc(C(=O)OCC(=O)N(C)CC(=O)Nc2ccc(F)cc2)cc1. The maximum atomic E-state index is 12.9. The molecule has 0 aliphatic rings. The molecular formula is C22H25FN2O5. The Morgan fingerprint density at radius 3 is 2.27 bits per heavy atom. The van der Waals surface area contributed by atoms with Crippen LogP contribution in [-0.4, -0.2) is 49.0 Å². The van der Waals surface area contributed by atoms with E-state index in [4.69, 9.17) is 9.47 Å². The van der Waals surface area contributed by atoms with E-state index >= 15 is 0 Å². The summed E-state index contributed by atoms with van der Waals surface area (Å²) in [6.45, 7) is 3.59. The summed E-state index contributed by atoms with van der Waals surface area (Å²) in [5, 5.41) is 2.55.